The summed E-state index contributed by atoms with van der Waals surface area (Å²) in [4.78, 5) is 17.6. The zero-order valence-corrected chi connectivity index (χ0v) is 11.0. The van der Waals surface area contributed by atoms with Gasteiger partial charge in [-0.2, -0.15) is 0 Å². The highest BCUT2D eigenvalue weighted by atomic mass is 16.5. The molecule has 2 aromatic rings. The first kappa shape index (κ1) is 13.2. The Morgan fingerprint density at radius 3 is 2.63 bits per heavy atom. The van der Waals surface area contributed by atoms with Gasteiger partial charge in [-0.25, -0.2) is 4.98 Å². The molecule has 0 fully saturated rings. The number of carbonyl (C=O) groups excluding carboxylic acids is 1. The number of rotatable bonds is 5. The standard InChI is InChI=1S/C13H16N4O2/c1-3-17(9-12(18)19-4-2)13-14-10-7-5-6-8-11(10)15-16-13/h5-8H,3-4,9H2,1-2H3. The summed E-state index contributed by atoms with van der Waals surface area (Å²) < 4.78 is 4.93. The van der Waals surface area contributed by atoms with Gasteiger partial charge in [0.25, 0.3) is 0 Å². The first-order valence-electron chi connectivity index (χ1n) is 6.24. The molecule has 0 unspecified atom stereocenters. The van der Waals surface area contributed by atoms with E-state index in [9.17, 15) is 4.79 Å². The summed E-state index contributed by atoms with van der Waals surface area (Å²) >= 11 is 0. The van der Waals surface area contributed by atoms with Crippen LogP contribution in [0.3, 0.4) is 0 Å². The smallest absolute Gasteiger partial charge is 0.325 e. The summed E-state index contributed by atoms with van der Waals surface area (Å²) in [6.07, 6.45) is 0. The van der Waals surface area contributed by atoms with Gasteiger partial charge in [0.05, 0.1) is 12.1 Å². The normalized spacial score (nSPS) is 10.4. The Kier molecular flexibility index (Phi) is 4.22. The number of hydrogen-bond donors (Lipinski definition) is 0. The number of nitrogens with zero attached hydrogens (tertiary/aromatic N) is 4. The maximum absolute atomic E-state index is 11.5. The molecule has 6 heteroatoms. The van der Waals surface area contributed by atoms with E-state index in [0.29, 0.717) is 19.1 Å². The Bertz CT molecular complexity index is 573. The number of benzene rings is 1. The van der Waals surface area contributed by atoms with Gasteiger partial charge in [-0.15, -0.1) is 10.2 Å². The van der Waals surface area contributed by atoms with Crippen LogP contribution < -0.4 is 4.90 Å². The fourth-order valence-electron chi connectivity index (χ4n) is 1.69. The van der Waals surface area contributed by atoms with Crippen LogP contribution in [0.25, 0.3) is 11.0 Å². The van der Waals surface area contributed by atoms with E-state index in [2.05, 4.69) is 15.2 Å². The molecule has 0 aliphatic rings. The second kappa shape index (κ2) is 6.08. The Balaban J connectivity index is 2.22. The number of fused-ring (bicyclic) bond motifs is 1. The van der Waals surface area contributed by atoms with E-state index in [1.54, 1.807) is 11.8 Å². The minimum Gasteiger partial charge on any atom is -0.465 e. The average molecular weight is 260 g/mol. The number of esters is 1. The monoisotopic (exact) mass is 260 g/mol. The fraction of sp³-hybridized carbons (Fsp3) is 0.385. The van der Waals surface area contributed by atoms with Gasteiger partial charge >= 0.3 is 5.97 Å². The summed E-state index contributed by atoms with van der Waals surface area (Å²) in [6.45, 7) is 4.82. The van der Waals surface area contributed by atoms with Crippen LogP contribution in [0.15, 0.2) is 24.3 Å². The van der Waals surface area contributed by atoms with Gasteiger partial charge in [-0.05, 0) is 26.0 Å². The van der Waals surface area contributed by atoms with Crippen LogP contribution in [-0.4, -0.2) is 40.8 Å². The predicted octanol–water partition coefficient (Wildman–Crippen LogP) is 1.41. The molecule has 1 heterocycles. The topological polar surface area (TPSA) is 68.2 Å². The van der Waals surface area contributed by atoms with Crippen LogP contribution in [0.2, 0.25) is 0 Å². The van der Waals surface area contributed by atoms with Crippen molar-refractivity contribution in [3.05, 3.63) is 24.3 Å². The van der Waals surface area contributed by atoms with Gasteiger partial charge in [0.15, 0.2) is 0 Å². The highest BCUT2D eigenvalue weighted by Crippen LogP contribution is 2.12. The fourth-order valence-corrected chi connectivity index (χ4v) is 1.69. The third-order valence-electron chi connectivity index (χ3n) is 2.64. The van der Waals surface area contributed by atoms with Gasteiger partial charge in [-0.3, -0.25) is 4.79 Å². The molecule has 1 aromatic heterocycles. The number of anilines is 1. The zero-order valence-electron chi connectivity index (χ0n) is 11.0. The molecule has 0 amide bonds. The van der Waals surface area contributed by atoms with Crippen molar-refractivity contribution < 1.29 is 9.53 Å². The molecule has 0 saturated heterocycles. The Hall–Kier alpha value is -2.24. The number of hydrogen-bond acceptors (Lipinski definition) is 6. The maximum Gasteiger partial charge on any atom is 0.325 e. The summed E-state index contributed by atoms with van der Waals surface area (Å²) in [5.41, 5.74) is 1.49. The third-order valence-corrected chi connectivity index (χ3v) is 2.64. The van der Waals surface area contributed by atoms with Crippen LogP contribution in [0.5, 0.6) is 0 Å². The quantitative estimate of drug-likeness (QED) is 0.757. The summed E-state index contributed by atoms with van der Waals surface area (Å²) in [7, 11) is 0. The zero-order chi connectivity index (χ0) is 13.7. The van der Waals surface area contributed by atoms with Crippen LogP contribution in [0.4, 0.5) is 5.95 Å². The summed E-state index contributed by atoms with van der Waals surface area (Å²) in [5.74, 6) is 0.148. The van der Waals surface area contributed by atoms with Gasteiger partial charge in [0.1, 0.15) is 12.1 Å². The summed E-state index contributed by atoms with van der Waals surface area (Å²) in [5, 5.41) is 8.15. The molecule has 100 valence electrons. The average Bonchev–Trinajstić information content (AvgIpc) is 2.44. The van der Waals surface area contributed by atoms with Crippen molar-refractivity contribution in [2.24, 2.45) is 0 Å². The largest absolute Gasteiger partial charge is 0.465 e. The van der Waals surface area contributed by atoms with Gasteiger partial charge < -0.3 is 9.64 Å². The second-order valence-electron chi connectivity index (χ2n) is 3.92. The van der Waals surface area contributed by atoms with Crippen molar-refractivity contribution in [2.45, 2.75) is 13.8 Å². The van der Waals surface area contributed by atoms with Crippen LogP contribution in [0, 0.1) is 0 Å². The molecular formula is C13H16N4O2. The van der Waals surface area contributed by atoms with Gasteiger partial charge in [0.2, 0.25) is 5.95 Å². The van der Waals surface area contributed by atoms with Crippen LogP contribution in [0.1, 0.15) is 13.8 Å². The second-order valence-corrected chi connectivity index (χ2v) is 3.92. The van der Waals surface area contributed by atoms with E-state index in [0.717, 1.165) is 11.0 Å². The van der Waals surface area contributed by atoms with Gasteiger partial charge in [-0.1, -0.05) is 12.1 Å². The lowest BCUT2D eigenvalue weighted by atomic mass is 10.3. The molecule has 0 bridgehead atoms. The lowest BCUT2D eigenvalue weighted by molar-refractivity contribution is -0.141. The van der Waals surface area contributed by atoms with Crippen LogP contribution >= 0.6 is 0 Å². The Labute approximate surface area is 111 Å². The molecule has 0 atom stereocenters. The molecule has 1 aromatic carbocycles. The number of likely N-dealkylation sites (N-methyl/N-ethyl adjacent to an activating group) is 1. The lowest BCUT2D eigenvalue weighted by Gasteiger charge is -2.18. The van der Waals surface area contributed by atoms with Gasteiger partial charge in [0, 0.05) is 6.54 Å². The van der Waals surface area contributed by atoms with E-state index in [1.165, 1.54) is 0 Å². The number of carbonyl (C=O) groups is 1. The SMILES string of the molecule is CCOC(=O)CN(CC)c1nnc2ccccc2n1. The number of ether oxygens (including phenoxy) is 1. The number of para-hydroxylation sites is 1. The molecule has 0 spiro atoms. The van der Waals surface area contributed by atoms with E-state index >= 15 is 0 Å². The van der Waals surface area contributed by atoms with Crippen molar-refractivity contribution >= 4 is 23.0 Å². The van der Waals surface area contributed by atoms with Crippen LogP contribution in [-0.2, 0) is 9.53 Å². The van der Waals surface area contributed by atoms with Crippen molar-refractivity contribution in [1.29, 1.82) is 0 Å². The lowest BCUT2D eigenvalue weighted by Crippen LogP contribution is -2.32. The molecule has 2 rings (SSSR count). The highest BCUT2D eigenvalue weighted by Gasteiger charge is 2.14. The van der Waals surface area contributed by atoms with E-state index < -0.39 is 0 Å². The molecule has 0 radical (unpaired) electrons. The van der Waals surface area contributed by atoms with Crippen molar-refractivity contribution in [1.82, 2.24) is 15.2 Å². The molecule has 0 aliphatic heterocycles. The van der Waals surface area contributed by atoms with E-state index in [-0.39, 0.29) is 12.5 Å². The van der Waals surface area contributed by atoms with E-state index in [1.807, 2.05) is 31.2 Å². The highest BCUT2D eigenvalue weighted by molar-refractivity contribution is 5.77. The number of aromatic nitrogens is 3. The molecule has 0 N–H and O–H groups in total. The molecule has 0 aliphatic carbocycles. The Morgan fingerprint density at radius 1 is 1.21 bits per heavy atom. The van der Waals surface area contributed by atoms with Crippen molar-refractivity contribution in [3.63, 3.8) is 0 Å². The van der Waals surface area contributed by atoms with E-state index in [4.69, 9.17) is 4.74 Å². The Morgan fingerprint density at radius 2 is 1.95 bits per heavy atom. The minimum absolute atomic E-state index is 0.129. The summed E-state index contributed by atoms with van der Waals surface area (Å²) in [6, 6.07) is 7.49. The molecule has 6 nitrogen and oxygen atoms in total. The first-order valence-corrected chi connectivity index (χ1v) is 6.24. The molecule has 19 heavy (non-hydrogen) atoms. The first-order chi connectivity index (χ1) is 9.24. The molecular weight excluding hydrogens is 244 g/mol. The third kappa shape index (κ3) is 3.15. The van der Waals surface area contributed by atoms with Crippen molar-refractivity contribution in [2.75, 3.05) is 24.6 Å². The molecule has 0 saturated carbocycles. The van der Waals surface area contributed by atoms with Crippen molar-refractivity contribution in [3.8, 4) is 0 Å². The predicted molar refractivity (Wildman–Crippen MR) is 71.9 cm³/mol. The maximum atomic E-state index is 11.5. The minimum atomic E-state index is -0.291.